The molecule has 4 nitrogen and oxygen atoms in total. The van der Waals surface area contributed by atoms with Crippen molar-refractivity contribution >= 4 is 27.8 Å². The SMILES string of the molecule is O=Cc1cc2c(=O)[nH]cnc2s1. The van der Waals surface area contributed by atoms with Crippen molar-refractivity contribution in [3.05, 3.63) is 27.6 Å². The molecule has 1 N–H and O–H groups in total. The first-order valence-corrected chi connectivity index (χ1v) is 4.05. The number of thiophene rings is 1. The predicted octanol–water partition coefficient (Wildman–Crippen LogP) is 0.797. The predicted molar refractivity (Wildman–Crippen MR) is 45.6 cm³/mol. The third-order valence-corrected chi connectivity index (χ3v) is 2.44. The van der Waals surface area contributed by atoms with Gasteiger partial charge in [-0.05, 0) is 6.07 Å². The topological polar surface area (TPSA) is 62.8 Å². The maximum atomic E-state index is 11.1. The van der Waals surface area contributed by atoms with Crippen LogP contribution in [0.5, 0.6) is 0 Å². The molecule has 2 heterocycles. The number of aromatic amines is 1. The van der Waals surface area contributed by atoms with Crippen molar-refractivity contribution in [1.82, 2.24) is 9.97 Å². The van der Waals surface area contributed by atoms with E-state index in [4.69, 9.17) is 0 Å². The lowest BCUT2D eigenvalue weighted by atomic mass is 10.4. The van der Waals surface area contributed by atoms with E-state index in [1.807, 2.05) is 0 Å². The molecule has 0 unspecified atom stereocenters. The molecule has 5 heteroatoms. The second-order valence-corrected chi connectivity index (χ2v) is 3.28. The number of aromatic nitrogens is 2. The fourth-order valence-corrected chi connectivity index (χ4v) is 1.76. The van der Waals surface area contributed by atoms with E-state index in [9.17, 15) is 9.59 Å². The average Bonchev–Trinajstić information content (AvgIpc) is 2.49. The number of aldehydes is 1. The van der Waals surface area contributed by atoms with Crippen LogP contribution >= 0.6 is 11.3 Å². The maximum absolute atomic E-state index is 11.1. The van der Waals surface area contributed by atoms with Crippen LogP contribution in [0.25, 0.3) is 10.2 Å². The summed E-state index contributed by atoms with van der Waals surface area (Å²) in [4.78, 5) is 28.9. The van der Waals surface area contributed by atoms with Crippen LogP contribution in [0, 0.1) is 0 Å². The Labute approximate surface area is 70.9 Å². The highest BCUT2D eigenvalue weighted by Gasteiger charge is 2.03. The third kappa shape index (κ3) is 0.947. The fourth-order valence-electron chi connectivity index (χ4n) is 0.944. The number of nitrogens with zero attached hydrogens (tertiary/aromatic N) is 1. The summed E-state index contributed by atoms with van der Waals surface area (Å²) in [7, 11) is 0. The monoisotopic (exact) mass is 180 g/mol. The smallest absolute Gasteiger partial charge is 0.259 e. The Balaban J connectivity index is 2.92. The number of carbonyl (C=O) groups is 1. The van der Waals surface area contributed by atoms with Gasteiger partial charge in [-0.25, -0.2) is 4.98 Å². The highest BCUT2D eigenvalue weighted by Crippen LogP contribution is 2.17. The highest BCUT2D eigenvalue weighted by molar-refractivity contribution is 7.20. The zero-order chi connectivity index (χ0) is 8.55. The fraction of sp³-hybridized carbons (Fsp3) is 0. The van der Waals surface area contributed by atoms with Crippen LogP contribution in [-0.2, 0) is 0 Å². The summed E-state index contributed by atoms with van der Waals surface area (Å²) < 4.78 is 0. The summed E-state index contributed by atoms with van der Waals surface area (Å²) in [5, 5.41) is 0.476. The van der Waals surface area contributed by atoms with E-state index < -0.39 is 0 Å². The average molecular weight is 180 g/mol. The first kappa shape index (κ1) is 7.17. The summed E-state index contributed by atoms with van der Waals surface area (Å²) in [6, 6.07) is 1.54. The van der Waals surface area contributed by atoms with E-state index in [1.165, 1.54) is 17.7 Å². The molecule has 2 rings (SSSR count). The van der Waals surface area contributed by atoms with Crippen molar-refractivity contribution in [3.63, 3.8) is 0 Å². The van der Waals surface area contributed by atoms with Crippen LogP contribution < -0.4 is 5.56 Å². The van der Waals surface area contributed by atoms with Crippen molar-refractivity contribution < 1.29 is 4.79 Å². The second-order valence-electron chi connectivity index (χ2n) is 2.22. The normalized spacial score (nSPS) is 10.3. The van der Waals surface area contributed by atoms with E-state index in [2.05, 4.69) is 9.97 Å². The molecule has 0 spiro atoms. The number of nitrogens with one attached hydrogen (secondary N) is 1. The van der Waals surface area contributed by atoms with Gasteiger partial charge >= 0.3 is 0 Å². The number of hydrogen-bond acceptors (Lipinski definition) is 4. The van der Waals surface area contributed by atoms with Gasteiger partial charge in [-0.1, -0.05) is 0 Å². The molecule has 0 atom stereocenters. The number of carbonyl (C=O) groups excluding carboxylic acids is 1. The van der Waals surface area contributed by atoms with Crippen LogP contribution in [0.3, 0.4) is 0 Å². The van der Waals surface area contributed by atoms with Crippen LogP contribution in [0.4, 0.5) is 0 Å². The Bertz CT molecular complexity index is 485. The lowest BCUT2D eigenvalue weighted by Crippen LogP contribution is -2.03. The van der Waals surface area contributed by atoms with Gasteiger partial charge in [0, 0.05) is 0 Å². The summed E-state index contributed by atoms with van der Waals surface area (Å²) in [6.07, 6.45) is 2.04. The zero-order valence-electron chi connectivity index (χ0n) is 5.90. The van der Waals surface area contributed by atoms with E-state index in [-0.39, 0.29) is 5.56 Å². The largest absolute Gasteiger partial charge is 0.313 e. The Morgan fingerprint density at radius 3 is 3.08 bits per heavy atom. The van der Waals surface area contributed by atoms with E-state index in [1.54, 1.807) is 6.07 Å². The lowest BCUT2D eigenvalue weighted by molar-refractivity contribution is 0.112. The minimum Gasteiger partial charge on any atom is -0.313 e. The number of H-pyrrole nitrogens is 1. The molecule has 0 aromatic carbocycles. The van der Waals surface area contributed by atoms with Crippen molar-refractivity contribution in [1.29, 1.82) is 0 Å². The minimum atomic E-state index is -0.204. The molecule has 0 amide bonds. The molecule has 2 aromatic rings. The summed E-state index contributed by atoms with van der Waals surface area (Å²) >= 11 is 1.21. The van der Waals surface area contributed by atoms with Gasteiger partial charge in [0.1, 0.15) is 4.83 Å². The summed E-state index contributed by atoms with van der Waals surface area (Å²) in [5.41, 5.74) is -0.204. The maximum Gasteiger partial charge on any atom is 0.259 e. The number of hydrogen-bond donors (Lipinski definition) is 1. The molecule has 0 fully saturated rings. The molecule has 2 aromatic heterocycles. The van der Waals surface area contributed by atoms with Gasteiger partial charge in [-0.2, -0.15) is 0 Å². The molecule has 0 aliphatic rings. The molecule has 0 aliphatic carbocycles. The quantitative estimate of drug-likeness (QED) is 0.660. The van der Waals surface area contributed by atoms with Crippen LogP contribution in [-0.4, -0.2) is 16.3 Å². The van der Waals surface area contributed by atoms with Crippen molar-refractivity contribution in [2.24, 2.45) is 0 Å². The van der Waals surface area contributed by atoms with Crippen molar-refractivity contribution in [2.45, 2.75) is 0 Å². The number of fused-ring (bicyclic) bond motifs is 1. The number of rotatable bonds is 1. The standard InChI is InChI=1S/C7H4N2O2S/c10-2-4-1-5-6(11)8-3-9-7(5)12-4/h1-3H,(H,8,9,11). The molecule has 0 radical (unpaired) electrons. The van der Waals surface area contributed by atoms with Crippen molar-refractivity contribution in [3.8, 4) is 0 Å². The van der Waals surface area contributed by atoms with Crippen LogP contribution in [0.2, 0.25) is 0 Å². The molecule has 12 heavy (non-hydrogen) atoms. The van der Waals surface area contributed by atoms with Crippen LogP contribution in [0.1, 0.15) is 9.67 Å². The van der Waals surface area contributed by atoms with Crippen LogP contribution in [0.15, 0.2) is 17.2 Å². The van der Waals surface area contributed by atoms with Gasteiger partial charge in [0.2, 0.25) is 0 Å². The Hall–Kier alpha value is -1.49. The van der Waals surface area contributed by atoms with Gasteiger partial charge in [0.05, 0.1) is 16.6 Å². The lowest BCUT2D eigenvalue weighted by Gasteiger charge is -1.82. The Morgan fingerprint density at radius 2 is 2.42 bits per heavy atom. The third-order valence-electron chi connectivity index (χ3n) is 1.47. The highest BCUT2D eigenvalue weighted by atomic mass is 32.1. The molecule has 0 saturated carbocycles. The Morgan fingerprint density at radius 1 is 1.58 bits per heavy atom. The minimum absolute atomic E-state index is 0.204. The van der Waals surface area contributed by atoms with E-state index in [0.29, 0.717) is 21.4 Å². The van der Waals surface area contributed by atoms with Gasteiger partial charge in [-0.3, -0.25) is 9.59 Å². The molecule has 0 bridgehead atoms. The first-order valence-electron chi connectivity index (χ1n) is 3.23. The van der Waals surface area contributed by atoms with E-state index >= 15 is 0 Å². The summed E-state index contributed by atoms with van der Waals surface area (Å²) in [5.74, 6) is 0. The molecular weight excluding hydrogens is 176 g/mol. The van der Waals surface area contributed by atoms with Gasteiger partial charge in [0.25, 0.3) is 5.56 Å². The summed E-state index contributed by atoms with van der Waals surface area (Å²) in [6.45, 7) is 0. The van der Waals surface area contributed by atoms with E-state index in [0.717, 1.165) is 0 Å². The zero-order valence-corrected chi connectivity index (χ0v) is 6.72. The molecule has 0 saturated heterocycles. The second kappa shape index (κ2) is 2.53. The molecule has 0 aliphatic heterocycles. The molecule has 60 valence electrons. The van der Waals surface area contributed by atoms with Gasteiger partial charge in [-0.15, -0.1) is 11.3 Å². The Kier molecular flexibility index (Phi) is 1.51. The first-order chi connectivity index (χ1) is 5.81. The van der Waals surface area contributed by atoms with Gasteiger partial charge in [0.15, 0.2) is 6.29 Å². The molecular formula is C7H4N2O2S. The van der Waals surface area contributed by atoms with Crippen molar-refractivity contribution in [2.75, 3.05) is 0 Å². The van der Waals surface area contributed by atoms with Gasteiger partial charge < -0.3 is 4.98 Å².